The number of amides is 2. The van der Waals surface area contributed by atoms with E-state index in [9.17, 15) is 14.4 Å². The van der Waals surface area contributed by atoms with Crippen molar-refractivity contribution in [2.75, 3.05) is 13.2 Å². The Morgan fingerprint density at radius 2 is 1.31 bits per heavy atom. The number of benzene rings is 3. The van der Waals surface area contributed by atoms with Crippen LogP contribution in [0.3, 0.4) is 0 Å². The van der Waals surface area contributed by atoms with Crippen molar-refractivity contribution in [1.82, 2.24) is 10.6 Å². The number of carbonyl (C=O) groups excluding carboxylic acids is 3. The summed E-state index contributed by atoms with van der Waals surface area (Å²) in [5.41, 5.74) is 4.72. The van der Waals surface area contributed by atoms with Gasteiger partial charge in [-0.3, -0.25) is 4.79 Å². The van der Waals surface area contributed by atoms with Gasteiger partial charge in [-0.05, 0) is 94.3 Å². The molecule has 0 unspecified atom stereocenters. The molecular formula is C40H52N2O6. The first-order valence-corrected chi connectivity index (χ1v) is 17.2. The van der Waals surface area contributed by atoms with Crippen molar-refractivity contribution < 1.29 is 28.6 Å². The molecule has 2 N–H and O–H groups in total. The molecule has 8 heteroatoms. The third-order valence-corrected chi connectivity index (χ3v) is 8.01. The van der Waals surface area contributed by atoms with Crippen LogP contribution in [0.2, 0.25) is 0 Å². The molecule has 0 radical (unpaired) electrons. The van der Waals surface area contributed by atoms with Gasteiger partial charge in [0.25, 0.3) is 0 Å². The Kier molecular flexibility index (Phi) is 12.7. The van der Waals surface area contributed by atoms with Crippen LogP contribution in [0.4, 0.5) is 4.79 Å². The second-order valence-corrected chi connectivity index (χ2v) is 14.5. The van der Waals surface area contributed by atoms with Gasteiger partial charge in [0, 0.05) is 25.3 Å². The molecule has 0 heterocycles. The van der Waals surface area contributed by atoms with Gasteiger partial charge in [-0.1, -0.05) is 79.9 Å². The fourth-order valence-corrected chi connectivity index (χ4v) is 5.90. The number of fused-ring (bicyclic) bond motifs is 3. The fourth-order valence-electron chi connectivity index (χ4n) is 5.90. The molecule has 48 heavy (non-hydrogen) atoms. The van der Waals surface area contributed by atoms with Gasteiger partial charge >= 0.3 is 12.1 Å². The summed E-state index contributed by atoms with van der Waals surface area (Å²) in [4.78, 5) is 38.2. The fraction of sp³-hybridized carbons (Fsp3) is 0.475. The summed E-state index contributed by atoms with van der Waals surface area (Å²) in [5.74, 6) is 0.169. The Morgan fingerprint density at radius 3 is 1.92 bits per heavy atom. The SMILES string of the molecule is CC(C)(C)OC(=O)[C@H](Cc1ccc(OC(C)(C)C)cc1)NC(=O)CCCCCCCNC(=O)OCC1c2ccccc2-c2ccccc21. The van der Waals surface area contributed by atoms with E-state index in [1.54, 1.807) is 0 Å². The molecule has 4 rings (SSSR count). The van der Waals surface area contributed by atoms with E-state index in [0.717, 1.165) is 37.0 Å². The molecule has 1 aliphatic carbocycles. The van der Waals surface area contributed by atoms with Crippen LogP contribution in [0.25, 0.3) is 11.1 Å². The monoisotopic (exact) mass is 656 g/mol. The van der Waals surface area contributed by atoms with E-state index in [4.69, 9.17) is 14.2 Å². The van der Waals surface area contributed by atoms with Crippen molar-refractivity contribution in [3.63, 3.8) is 0 Å². The average Bonchev–Trinajstić information content (AvgIpc) is 3.34. The van der Waals surface area contributed by atoms with Crippen LogP contribution in [0, 0.1) is 0 Å². The topological polar surface area (TPSA) is 103 Å². The Labute approximate surface area is 285 Å². The minimum absolute atomic E-state index is 0.0415. The van der Waals surface area contributed by atoms with Gasteiger partial charge < -0.3 is 24.8 Å². The number of unbranched alkanes of at least 4 members (excludes halogenated alkanes) is 4. The second-order valence-electron chi connectivity index (χ2n) is 14.5. The molecule has 0 aromatic heterocycles. The highest BCUT2D eigenvalue weighted by atomic mass is 16.6. The van der Waals surface area contributed by atoms with E-state index in [-0.39, 0.29) is 17.4 Å². The summed E-state index contributed by atoms with van der Waals surface area (Å²) in [6, 6.07) is 23.4. The molecule has 0 saturated heterocycles. The van der Waals surface area contributed by atoms with E-state index in [1.807, 2.05) is 90.1 Å². The highest BCUT2D eigenvalue weighted by Crippen LogP contribution is 2.44. The van der Waals surface area contributed by atoms with Crippen LogP contribution in [0.5, 0.6) is 5.75 Å². The van der Waals surface area contributed by atoms with E-state index in [1.165, 1.54) is 22.3 Å². The van der Waals surface area contributed by atoms with Crippen molar-refractivity contribution in [2.45, 2.75) is 110 Å². The van der Waals surface area contributed by atoms with E-state index in [0.29, 0.717) is 32.4 Å². The normalized spacial score (nSPS) is 13.2. The standard InChI is InChI=1S/C40H52N2O6/c1-39(2,3)47-29-23-21-28(22-24-29)26-35(37(44)48-40(4,5)6)42-36(43)20-10-8-7-9-15-25-41-38(45)46-27-34-32-18-13-11-16-30(32)31-17-12-14-19-33(31)34/h11-14,16-19,21-24,34-35H,7-10,15,20,25-27H2,1-6H3,(H,41,45)(H,42,43)/t35-/m0/s1. The molecule has 8 nitrogen and oxygen atoms in total. The first-order valence-electron chi connectivity index (χ1n) is 17.2. The predicted octanol–water partition coefficient (Wildman–Crippen LogP) is 8.11. The molecule has 1 atom stereocenters. The number of carbonyl (C=O) groups is 3. The lowest BCUT2D eigenvalue weighted by atomic mass is 9.98. The highest BCUT2D eigenvalue weighted by molar-refractivity contribution is 5.85. The maximum absolute atomic E-state index is 13.0. The highest BCUT2D eigenvalue weighted by Gasteiger charge is 2.29. The zero-order chi connectivity index (χ0) is 34.7. The molecule has 0 bridgehead atoms. The molecular weight excluding hydrogens is 604 g/mol. The molecule has 258 valence electrons. The van der Waals surface area contributed by atoms with Gasteiger partial charge in [-0.2, -0.15) is 0 Å². The van der Waals surface area contributed by atoms with Gasteiger partial charge in [-0.25, -0.2) is 9.59 Å². The number of rotatable bonds is 15. The Hall–Kier alpha value is -4.33. The summed E-state index contributed by atoms with van der Waals surface area (Å²) >= 11 is 0. The number of ether oxygens (including phenoxy) is 3. The quantitative estimate of drug-likeness (QED) is 0.127. The minimum Gasteiger partial charge on any atom is -0.488 e. The number of hydrogen-bond donors (Lipinski definition) is 2. The van der Waals surface area contributed by atoms with Crippen molar-refractivity contribution in [2.24, 2.45) is 0 Å². The van der Waals surface area contributed by atoms with Crippen LogP contribution >= 0.6 is 0 Å². The second kappa shape index (κ2) is 16.7. The number of nitrogens with one attached hydrogen (secondary N) is 2. The van der Waals surface area contributed by atoms with Crippen LogP contribution < -0.4 is 15.4 Å². The lowest BCUT2D eigenvalue weighted by Gasteiger charge is -2.25. The average molecular weight is 657 g/mol. The molecule has 0 aliphatic heterocycles. The molecule has 2 amide bonds. The van der Waals surface area contributed by atoms with E-state index >= 15 is 0 Å². The summed E-state index contributed by atoms with van der Waals surface area (Å²) in [6.45, 7) is 12.3. The number of alkyl carbamates (subject to hydrolysis) is 1. The molecule has 3 aromatic carbocycles. The van der Waals surface area contributed by atoms with Crippen LogP contribution in [-0.4, -0.2) is 48.4 Å². The maximum atomic E-state index is 13.0. The van der Waals surface area contributed by atoms with Crippen LogP contribution in [0.15, 0.2) is 72.8 Å². The molecule has 0 fully saturated rings. The van der Waals surface area contributed by atoms with Crippen LogP contribution in [0.1, 0.15) is 103 Å². The summed E-state index contributed by atoms with van der Waals surface area (Å²) < 4.78 is 17.1. The van der Waals surface area contributed by atoms with Gasteiger partial charge in [0.15, 0.2) is 0 Å². The zero-order valence-corrected chi connectivity index (χ0v) is 29.4. The summed E-state index contributed by atoms with van der Waals surface area (Å²) in [6.07, 6.45) is 4.55. The van der Waals surface area contributed by atoms with Crippen molar-refractivity contribution in [1.29, 1.82) is 0 Å². The van der Waals surface area contributed by atoms with E-state index < -0.39 is 23.7 Å². The Morgan fingerprint density at radius 1 is 0.729 bits per heavy atom. The number of hydrogen-bond acceptors (Lipinski definition) is 6. The molecule has 0 spiro atoms. The van der Waals surface area contributed by atoms with E-state index in [2.05, 4.69) is 34.9 Å². The summed E-state index contributed by atoms with van der Waals surface area (Å²) in [7, 11) is 0. The minimum atomic E-state index is -0.782. The first-order chi connectivity index (χ1) is 22.8. The third-order valence-electron chi connectivity index (χ3n) is 8.01. The summed E-state index contributed by atoms with van der Waals surface area (Å²) in [5, 5.41) is 5.77. The zero-order valence-electron chi connectivity index (χ0n) is 29.4. The Balaban J connectivity index is 1.12. The first kappa shape index (κ1) is 36.5. The third kappa shape index (κ3) is 11.4. The lowest BCUT2D eigenvalue weighted by Crippen LogP contribution is -2.45. The predicted molar refractivity (Wildman–Crippen MR) is 189 cm³/mol. The van der Waals surface area contributed by atoms with Crippen LogP contribution in [-0.2, 0) is 25.5 Å². The molecule has 3 aromatic rings. The molecule has 1 aliphatic rings. The van der Waals surface area contributed by atoms with Crippen molar-refractivity contribution >= 4 is 18.0 Å². The van der Waals surface area contributed by atoms with Gasteiger partial charge in [0.1, 0.15) is 29.6 Å². The number of esters is 1. The van der Waals surface area contributed by atoms with Crippen molar-refractivity contribution in [3.8, 4) is 16.9 Å². The van der Waals surface area contributed by atoms with Gasteiger partial charge in [0.05, 0.1) is 0 Å². The van der Waals surface area contributed by atoms with Gasteiger partial charge in [0.2, 0.25) is 5.91 Å². The molecule has 0 saturated carbocycles. The Bertz CT molecular complexity index is 1470. The maximum Gasteiger partial charge on any atom is 0.407 e. The smallest absolute Gasteiger partial charge is 0.407 e. The lowest BCUT2D eigenvalue weighted by molar-refractivity contribution is -0.158. The largest absolute Gasteiger partial charge is 0.488 e. The van der Waals surface area contributed by atoms with Crippen molar-refractivity contribution in [3.05, 3.63) is 89.5 Å². The van der Waals surface area contributed by atoms with Gasteiger partial charge in [-0.15, -0.1) is 0 Å².